The molecule has 3 aromatic rings. The number of carbonyl (C=O) groups is 1. The number of hydrogen-bond donors (Lipinski definition) is 0. The van der Waals surface area contributed by atoms with Crippen LogP contribution in [0.25, 0.3) is 10.8 Å². The molecule has 1 amide bonds. The van der Waals surface area contributed by atoms with Gasteiger partial charge in [0, 0.05) is 36.3 Å². The van der Waals surface area contributed by atoms with E-state index in [0.717, 1.165) is 30.2 Å². The number of imidazole rings is 1. The lowest BCUT2D eigenvalue weighted by molar-refractivity contribution is 0.0674. The maximum atomic E-state index is 12.9. The molecule has 0 bridgehead atoms. The maximum Gasteiger partial charge on any atom is 0.275 e. The number of nitrogens with zero attached hydrogens (tertiary/aromatic N) is 5. The molecule has 6 nitrogen and oxygen atoms in total. The second-order valence-electron chi connectivity index (χ2n) is 5.84. The molecule has 4 rings (SSSR count). The molecule has 23 heavy (non-hydrogen) atoms. The van der Waals surface area contributed by atoms with Crippen LogP contribution in [0.1, 0.15) is 29.4 Å². The van der Waals surface area contributed by atoms with Crippen LogP contribution in [-0.4, -0.2) is 43.6 Å². The van der Waals surface area contributed by atoms with Crippen LogP contribution in [-0.2, 0) is 0 Å². The molecule has 1 atom stereocenters. The molecule has 1 unspecified atom stereocenters. The van der Waals surface area contributed by atoms with Crippen LogP contribution in [0.4, 0.5) is 0 Å². The third kappa shape index (κ3) is 2.56. The van der Waals surface area contributed by atoms with Crippen LogP contribution >= 0.6 is 0 Å². The molecule has 0 aliphatic carbocycles. The van der Waals surface area contributed by atoms with Gasteiger partial charge >= 0.3 is 0 Å². The fraction of sp³-hybridized carbons (Fsp3) is 0.294. The van der Waals surface area contributed by atoms with Crippen molar-refractivity contribution in [3.8, 4) is 0 Å². The molecule has 0 saturated carbocycles. The number of carbonyl (C=O) groups excluding carboxylic acids is 1. The quantitative estimate of drug-likeness (QED) is 0.729. The van der Waals surface area contributed by atoms with Gasteiger partial charge in [0.15, 0.2) is 5.69 Å². The van der Waals surface area contributed by atoms with E-state index in [2.05, 4.69) is 19.7 Å². The molecule has 2 aromatic heterocycles. The van der Waals surface area contributed by atoms with E-state index in [1.54, 1.807) is 12.4 Å². The largest absolute Gasteiger partial charge is 0.335 e. The Morgan fingerprint density at radius 3 is 3.04 bits per heavy atom. The molecule has 3 heterocycles. The molecule has 0 radical (unpaired) electrons. The number of aromatic nitrogens is 4. The lowest BCUT2D eigenvalue weighted by Gasteiger charge is -2.33. The van der Waals surface area contributed by atoms with Gasteiger partial charge in [-0.15, -0.1) is 5.10 Å². The predicted octanol–water partition coefficient (Wildman–Crippen LogP) is 2.30. The topological polar surface area (TPSA) is 63.9 Å². The Balaban J connectivity index is 1.63. The minimum atomic E-state index is -0.0425. The molecule has 1 aliphatic heterocycles. The van der Waals surface area contributed by atoms with Gasteiger partial charge in [0.2, 0.25) is 0 Å². The summed E-state index contributed by atoms with van der Waals surface area (Å²) in [6.45, 7) is 1.44. The third-order valence-electron chi connectivity index (χ3n) is 4.40. The highest BCUT2D eigenvalue weighted by molar-refractivity contribution is 6.04. The van der Waals surface area contributed by atoms with Crippen molar-refractivity contribution in [1.29, 1.82) is 0 Å². The minimum Gasteiger partial charge on any atom is -0.335 e. The molecule has 1 fully saturated rings. The Hall–Kier alpha value is -2.76. The van der Waals surface area contributed by atoms with Crippen LogP contribution in [0.3, 0.4) is 0 Å². The van der Waals surface area contributed by atoms with Crippen LogP contribution < -0.4 is 0 Å². The average molecular weight is 307 g/mol. The van der Waals surface area contributed by atoms with Gasteiger partial charge in [-0.05, 0) is 12.8 Å². The van der Waals surface area contributed by atoms with Crippen molar-refractivity contribution in [3.63, 3.8) is 0 Å². The maximum absolute atomic E-state index is 12.9. The molecule has 1 aliphatic rings. The van der Waals surface area contributed by atoms with E-state index in [4.69, 9.17) is 0 Å². The predicted molar refractivity (Wildman–Crippen MR) is 85.9 cm³/mol. The van der Waals surface area contributed by atoms with Crippen molar-refractivity contribution in [1.82, 2.24) is 24.6 Å². The summed E-state index contributed by atoms with van der Waals surface area (Å²) in [5, 5.41) is 9.89. The van der Waals surface area contributed by atoms with Crippen molar-refractivity contribution in [3.05, 3.63) is 54.9 Å². The van der Waals surface area contributed by atoms with Crippen molar-refractivity contribution >= 4 is 16.7 Å². The highest BCUT2D eigenvalue weighted by Crippen LogP contribution is 2.24. The first kappa shape index (κ1) is 13.9. The monoisotopic (exact) mass is 307 g/mol. The van der Waals surface area contributed by atoms with Crippen molar-refractivity contribution in [2.45, 2.75) is 18.9 Å². The van der Waals surface area contributed by atoms with Gasteiger partial charge in [-0.25, -0.2) is 4.98 Å². The zero-order valence-electron chi connectivity index (χ0n) is 12.7. The average Bonchev–Trinajstić information content (AvgIpc) is 3.15. The van der Waals surface area contributed by atoms with E-state index in [9.17, 15) is 4.79 Å². The van der Waals surface area contributed by atoms with Gasteiger partial charge in [0.05, 0.1) is 18.6 Å². The highest BCUT2D eigenvalue weighted by atomic mass is 16.2. The molecule has 1 aromatic carbocycles. The van der Waals surface area contributed by atoms with E-state index in [0.29, 0.717) is 12.2 Å². The van der Waals surface area contributed by atoms with Gasteiger partial charge in [0.25, 0.3) is 5.91 Å². The SMILES string of the molecule is O=C(c1nncc2ccccc12)N1CCCC(n2ccnc2)C1. The smallest absolute Gasteiger partial charge is 0.275 e. The number of rotatable bonds is 2. The molecule has 6 heteroatoms. The summed E-state index contributed by atoms with van der Waals surface area (Å²) in [6.07, 6.45) is 9.27. The Morgan fingerprint density at radius 2 is 2.17 bits per heavy atom. The molecular formula is C17H17N5O. The van der Waals surface area contributed by atoms with Crippen LogP contribution in [0.15, 0.2) is 49.2 Å². The fourth-order valence-electron chi connectivity index (χ4n) is 3.20. The van der Waals surface area contributed by atoms with Gasteiger partial charge in [-0.1, -0.05) is 24.3 Å². The van der Waals surface area contributed by atoms with Crippen LogP contribution in [0.2, 0.25) is 0 Å². The summed E-state index contributed by atoms with van der Waals surface area (Å²) in [4.78, 5) is 18.9. The summed E-state index contributed by atoms with van der Waals surface area (Å²) < 4.78 is 2.08. The Kier molecular flexibility index (Phi) is 3.49. The first-order chi connectivity index (χ1) is 11.3. The molecular weight excluding hydrogens is 290 g/mol. The first-order valence-corrected chi connectivity index (χ1v) is 7.80. The second kappa shape index (κ2) is 5.79. The third-order valence-corrected chi connectivity index (χ3v) is 4.40. The second-order valence-corrected chi connectivity index (χ2v) is 5.84. The van der Waals surface area contributed by atoms with Crippen molar-refractivity contribution < 1.29 is 4.79 Å². The Bertz CT molecular complexity index is 825. The van der Waals surface area contributed by atoms with Gasteiger partial charge in [-0.3, -0.25) is 4.79 Å². The lowest BCUT2D eigenvalue weighted by atomic mass is 10.0. The van der Waals surface area contributed by atoms with Gasteiger partial charge in [0.1, 0.15) is 0 Å². The number of likely N-dealkylation sites (tertiary alicyclic amines) is 1. The van der Waals surface area contributed by atoms with E-state index >= 15 is 0 Å². The summed E-state index contributed by atoms with van der Waals surface area (Å²) >= 11 is 0. The molecule has 0 N–H and O–H groups in total. The van der Waals surface area contributed by atoms with E-state index < -0.39 is 0 Å². The zero-order valence-corrected chi connectivity index (χ0v) is 12.7. The standard InChI is InChI=1S/C17H17N5O/c23-17(16-15-6-2-1-4-13(15)10-19-20-16)21-8-3-5-14(11-21)22-9-7-18-12-22/h1-2,4,6-7,9-10,12,14H,3,5,8,11H2. The van der Waals surface area contributed by atoms with Crippen molar-refractivity contribution in [2.24, 2.45) is 0 Å². The fourth-order valence-corrected chi connectivity index (χ4v) is 3.20. The molecule has 0 spiro atoms. The summed E-state index contributed by atoms with van der Waals surface area (Å²) in [5.74, 6) is -0.0425. The van der Waals surface area contributed by atoms with Gasteiger partial charge < -0.3 is 9.47 Å². The summed E-state index contributed by atoms with van der Waals surface area (Å²) in [5.41, 5.74) is 0.439. The number of hydrogen-bond acceptors (Lipinski definition) is 4. The summed E-state index contributed by atoms with van der Waals surface area (Å²) in [7, 11) is 0. The number of piperidine rings is 1. The number of amides is 1. The highest BCUT2D eigenvalue weighted by Gasteiger charge is 2.27. The van der Waals surface area contributed by atoms with Crippen LogP contribution in [0, 0.1) is 0 Å². The summed E-state index contributed by atoms with van der Waals surface area (Å²) in [6, 6.07) is 8.01. The Labute approximate surface area is 133 Å². The number of benzene rings is 1. The van der Waals surface area contributed by atoms with Crippen molar-refractivity contribution in [2.75, 3.05) is 13.1 Å². The normalized spacial score (nSPS) is 18.3. The van der Waals surface area contributed by atoms with Crippen LogP contribution in [0.5, 0.6) is 0 Å². The number of fused-ring (bicyclic) bond motifs is 1. The Morgan fingerprint density at radius 1 is 1.26 bits per heavy atom. The van der Waals surface area contributed by atoms with E-state index in [-0.39, 0.29) is 11.9 Å². The molecule has 1 saturated heterocycles. The van der Waals surface area contributed by atoms with Gasteiger partial charge in [-0.2, -0.15) is 5.10 Å². The lowest BCUT2D eigenvalue weighted by Crippen LogP contribution is -2.41. The first-order valence-electron chi connectivity index (χ1n) is 7.80. The molecule has 116 valence electrons. The van der Waals surface area contributed by atoms with E-state index in [1.165, 1.54) is 0 Å². The zero-order chi connectivity index (χ0) is 15.6. The minimum absolute atomic E-state index is 0.0425. The van der Waals surface area contributed by atoms with E-state index in [1.807, 2.05) is 41.7 Å².